The van der Waals surface area contributed by atoms with E-state index in [2.05, 4.69) is 10.0 Å². The number of hydrogen-bond acceptors (Lipinski definition) is 4. The number of carbonyl (C=O) groups is 1. The van der Waals surface area contributed by atoms with Crippen LogP contribution >= 0.6 is 11.6 Å². The molecule has 0 fully saturated rings. The molecule has 3 aromatic rings. The van der Waals surface area contributed by atoms with Gasteiger partial charge in [-0.3, -0.25) is 9.52 Å². The van der Waals surface area contributed by atoms with Crippen molar-refractivity contribution in [2.45, 2.75) is 31.8 Å². The van der Waals surface area contributed by atoms with Crippen molar-refractivity contribution in [3.05, 3.63) is 82.9 Å². The summed E-state index contributed by atoms with van der Waals surface area (Å²) in [6.07, 6.45) is -0.725. The molecule has 3 rings (SSSR count). The summed E-state index contributed by atoms with van der Waals surface area (Å²) in [6, 6.07) is 18.3. The molecule has 0 aliphatic carbocycles. The predicted molar refractivity (Wildman–Crippen MR) is 123 cm³/mol. The first-order chi connectivity index (χ1) is 14.7. The van der Waals surface area contributed by atoms with Crippen LogP contribution in [-0.4, -0.2) is 20.4 Å². The van der Waals surface area contributed by atoms with Gasteiger partial charge in [-0.2, -0.15) is 0 Å². The number of para-hydroxylation sites is 1. The summed E-state index contributed by atoms with van der Waals surface area (Å²) < 4.78 is 33.6. The topological polar surface area (TPSA) is 84.5 Å². The lowest BCUT2D eigenvalue weighted by atomic mass is 10.2. The summed E-state index contributed by atoms with van der Waals surface area (Å²) in [7, 11) is -3.81. The fraction of sp³-hybridized carbons (Fsp3) is 0.174. The minimum atomic E-state index is -3.81. The number of carbonyl (C=O) groups excluding carboxylic acids is 1. The van der Waals surface area contributed by atoms with Gasteiger partial charge in [0, 0.05) is 10.7 Å². The van der Waals surface area contributed by atoms with E-state index in [1.807, 2.05) is 25.1 Å². The van der Waals surface area contributed by atoms with Gasteiger partial charge in [-0.1, -0.05) is 35.9 Å². The maximum Gasteiger partial charge on any atom is 0.265 e. The minimum absolute atomic E-state index is 0.0640. The lowest BCUT2D eigenvalue weighted by Crippen LogP contribution is -2.30. The van der Waals surface area contributed by atoms with Gasteiger partial charge >= 0.3 is 0 Å². The Balaban J connectivity index is 1.67. The molecule has 0 spiro atoms. The third kappa shape index (κ3) is 5.77. The fourth-order valence-corrected chi connectivity index (χ4v) is 4.10. The van der Waals surface area contributed by atoms with Gasteiger partial charge in [-0.05, 0) is 74.4 Å². The molecular weight excluding hydrogens is 436 g/mol. The second kappa shape index (κ2) is 9.41. The Labute approximate surface area is 187 Å². The summed E-state index contributed by atoms with van der Waals surface area (Å²) in [5.74, 6) is 0.292. The van der Waals surface area contributed by atoms with E-state index < -0.39 is 16.1 Å². The first kappa shape index (κ1) is 22.7. The molecule has 0 unspecified atom stereocenters. The Hall–Kier alpha value is -3.03. The maximum absolute atomic E-state index is 12.7. The molecule has 1 amide bonds. The van der Waals surface area contributed by atoms with Gasteiger partial charge in [0.05, 0.1) is 10.6 Å². The highest BCUT2D eigenvalue weighted by atomic mass is 35.5. The monoisotopic (exact) mass is 458 g/mol. The zero-order chi connectivity index (χ0) is 22.6. The molecule has 0 saturated carbocycles. The van der Waals surface area contributed by atoms with E-state index in [-0.39, 0.29) is 10.8 Å². The number of nitrogens with one attached hydrogen (secondary N) is 2. The van der Waals surface area contributed by atoms with Crippen LogP contribution in [0.5, 0.6) is 5.75 Å². The first-order valence-corrected chi connectivity index (χ1v) is 11.4. The molecule has 6 nitrogen and oxygen atoms in total. The number of amides is 1. The predicted octanol–water partition coefficient (Wildman–Crippen LogP) is 5.16. The summed E-state index contributed by atoms with van der Waals surface area (Å²) in [5.41, 5.74) is 2.55. The van der Waals surface area contributed by atoms with Gasteiger partial charge in [0.25, 0.3) is 15.9 Å². The number of halogens is 1. The highest BCUT2D eigenvalue weighted by Gasteiger charge is 2.18. The Morgan fingerprint density at radius 2 is 1.65 bits per heavy atom. The zero-order valence-corrected chi connectivity index (χ0v) is 18.9. The molecule has 8 heteroatoms. The van der Waals surface area contributed by atoms with Gasteiger partial charge in [-0.15, -0.1) is 0 Å². The molecule has 0 aliphatic rings. The molecule has 0 saturated heterocycles. The van der Waals surface area contributed by atoms with Gasteiger partial charge in [0.2, 0.25) is 0 Å². The Morgan fingerprint density at radius 1 is 0.968 bits per heavy atom. The lowest BCUT2D eigenvalue weighted by Gasteiger charge is -2.16. The molecule has 0 bridgehead atoms. The largest absolute Gasteiger partial charge is 0.481 e. The quantitative estimate of drug-likeness (QED) is 0.512. The zero-order valence-electron chi connectivity index (χ0n) is 17.3. The van der Waals surface area contributed by atoms with E-state index in [1.54, 1.807) is 38.1 Å². The van der Waals surface area contributed by atoms with Crippen molar-refractivity contribution in [3.63, 3.8) is 0 Å². The molecule has 31 heavy (non-hydrogen) atoms. The molecule has 0 aromatic heterocycles. The minimum Gasteiger partial charge on any atom is -0.481 e. The van der Waals surface area contributed by atoms with E-state index in [9.17, 15) is 13.2 Å². The van der Waals surface area contributed by atoms with Crippen LogP contribution in [0.1, 0.15) is 18.1 Å². The third-order valence-electron chi connectivity index (χ3n) is 4.64. The fourth-order valence-electron chi connectivity index (χ4n) is 2.80. The SMILES string of the molecule is Cc1ccc(Cl)cc1NS(=O)(=O)c1ccc(NC(=O)[C@H](C)Oc2ccccc2C)cc1. The number of aryl methyl sites for hydroxylation is 2. The first-order valence-electron chi connectivity index (χ1n) is 9.58. The number of benzene rings is 3. The van der Waals surface area contributed by atoms with Gasteiger partial charge in [0.1, 0.15) is 5.75 Å². The van der Waals surface area contributed by atoms with E-state index in [1.165, 1.54) is 24.3 Å². The summed E-state index contributed by atoms with van der Waals surface area (Å²) in [5, 5.41) is 3.16. The second-order valence-corrected chi connectivity index (χ2v) is 9.22. The molecule has 3 aromatic carbocycles. The highest BCUT2D eigenvalue weighted by molar-refractivity contribution is 7.92. The van der Waals surface area contributed by atoms with Crippen LogP contribution in [0.3, 0.4) is 0 Å². The lowest BCUT2D eigenvalue weighted by molar-refractivity contribution is -0.122. The van der Waals surface area contributed by atoms with Crippen molar-refractivity contribution in [1.82, 2.24) is 0 Å². The van der Waals surface area contributed by atoms with Crippen molar-refractivity contribution in [1.29, 1.82) is 0 Å². The van der Waals surface area contributed by atoms with Crippen LogP contribution in [0.15, 0.2) is 71.6 Å². The van der Waals surface area contributed by atoms with Gasteiger partial charge < -0.3 is 10.1 Å². The van der Waals surface area contributed by atoms with Gasteiger partial charge in [-0.25, -0.2) is 8.42 Å². The highest BCUT2D eigenvalue weighted by Crippen LogP contribution is 2.24. The molecular formula is C23H23ClN2O4S. The smallest absolute Gasteiger partial charge is 0.265 e. The summed E-state index contributed by atoms with van der Waals surface area (Å²) in [4.78, 5) is 12.5. The van der Waals surface area contributed by atoms with Crippen molar-refractivity contribution in [2.24, 2.45) is 0 Å². The van der Waals surface area contributed by atoms with Gasteiger partial charge in [0.15, 0.2) is 6.10 Å². The van der Waals surface area contributed by atoms with Crippen LogP contribution in [0, 0.1) is 13.8 Å². The van der Waals surface area contributed by atoms with Crippen molar-refractivity contribution < 1.29 is 17.9 Å². The van der Waals surface area contributed by atoms with Crippen molar-refractivity contribution >= 4 is 38.9 Å². The normalized spacial score (nSPS) is 12.1. The van der Waals surface area contributed by atoms with Crippen LogP contribution in [0.2, 0.25) is 5.02 Å². The molecule has 162 valence electrons. The third-order valence-corrected chi connectivity index (χ3v) is 6.26. The molecule has 2 N–H and O–H groups in total. The average Bonchev–Trinajstić information content (AvgIpc) is 2.72. The number of anilines is 2. The van der Waals surface area contributed by atoms with Crippen LogP contribution in [-0.2, 0) is 14.8 Å². The van der Waals surface area contributed by atoms with E-state index >= 15 is 0 Å². The van der Waals surface area contributed by atoms with Crippen LogP contribution in [0.4, 0.5) is 11.4 Å². The number of ether oxygens (including phenoxy) is 1. The maximum atomic E-state index is 12.7. The van der Waals surface area contributed by atoms with Crippen molar-refractivity contribution in [3.8, 4) is 5.75 Å². The van der Waals surface area contributed by atoms with Crippen LogP contribution in [0.25, 0.3) is 0 Å². The van der Waals surface area contributed by atoms with E-state index in [4.69, 9.17) is 16.3 Å². The van der Waals surface area contributed by atoms with E-state index in [0.29, 0.717) is 22.1 Å². The standard InChI is InChI=1S/C23H23ClN2O4S/c1-15-8-9-18(24)14-21(15)26-31(28,29)20-12-10-19(11-13-20)25-23(27)17(3)30-22-7-5-4-6-16(22)2/h4-14,17,26H,1-3H3,(H,25,27)/t17-/m0/s1. The van der Waals surface area contributed by atoms with E-state index in [0.717, 1.165) is 11.1 Å². The Morgan fingerprint density at radius 3 is 2.32 bits per heavy atom. The molecule has 0 heterocycles. The number of hydrogen-bond donors (Lipinski definition) is 2. The average molecular weight is 459 g/mol. The number of rotatable bonds is 7. The molecule has 0 aliphatic heterocycles. The number of sulfonamides is 1. The summed E-state index contributed by atoms with van der Waals surface area (Å²) >= 11 is 5.96. The van der Waals surface area contributed by atoms with Crippen LogP contribution < -0.4 is 14.8 Å². The summed E-state index contributed by atoms with van der Waals surface area (Å²) in [6.45, 7) is 5.34. The molecule has 1 atom stereocenters. The molecule has 0 radical (unpaired) electrons. The van der Waals surface area contributed by atoms with Crippen molar-refractivity contribution in [2.75, 3.05) is 10.0 Å². The Bertz CT molecular complexity index is 1190. The Kier molecular flexibility index (Phi) is 6.87. The second-order valence-electron chi connectivity index (χ2n) is 7.10.